The number of hydrogen-bond acceptors (Lipinski definition) is 6. The van der Waals surface area contributed by atoms with Crippen LogP contribution in [0.2, 0.25) is 0 Å². The smallest absolute Gasteiger partial charge is 0.271 e. The number of methoxy groups -OCH3 is 1. The maximum atomic E-state index is 11.4. The molecule has 0 bridgehead atoms. The number of aliphatic hydroxyl groups is 1. The molecule has 9 nitrogen and oxygen atoms in total. The van der Waals surface area contributed by atoms with Crippen molar-refractivity contribution < 1.29 is 14.8 Å². The van der Waals surface area contributed by atoms with E-state index in [1.165, 1.54) is 12.1 Å². The number of aliphatic hydroxyl groups excluding tert-OH is 1. The second-order valence-corrected chi connectivity index (χ2v) is 8.56. The summed E-state index contributed by atoms with van der Waals surface area (Å²) in [4.78, 5) is 17.7. The number of aryl methyl sites for hydroxylation is 1. The molecular formula is C24H27N5O4S. The molecule has 1 aromatic carbocycles. The number of aromatic nitrogens is 2. The molecule has 2 N–H and O–H groups in total. The zero-order chi connectivity index (χ0) is 24.4. The molecule has 1 aliphatic heterocycles. The van der Waals surface area contributed by atoms with E-state index in [0.29, 0.717) is 29.5 Å². The Kier molecular flexibility index (Phi) is 6.80. The number of nitrogens with zero attached hydrogens (tertiary/aromatic N) is 4. The van der Waals surface area contributed by atoms with Crippen molar-refractivity contribution in [3.8, 4) is 11.4 Å². The minimum Gasteiger partial charge on any atom is -0.495 e. The molecule has 0 saturated carbocycles. The van der Waals surface area contributed by atoms with E-state index in [-0.39, 0.29) is 24.4 Å². The van der Waals surface area contributed by atoms with E-state index in [4.69, 9.17) is 17.0 Å². The second kappa shape index (κ2) is 9.78. The fraction of sp³-hybridized carbons (Fsp3) is 0.333. The fourth-order valence-corrected chi connectivity index (χ4v) is 4.98. The molecule has 2 aromatic heterocycles. The summed E-state index contributed by atoms with van der Waals surface area (Å²) < 4.78 is 7.51. The Hall–Kier alpha value is -3.50. The number of nitrogens with one attached hydrogen (secondary N) is 1. The zero-order valence-electron chi connectivity index (χ0n) is 19.3. The van der Waals surface area contributed by atoms with E-state index in [0.717, 1.165) is 22.6 Å². The minimum absolute atomic E-state index is 0.00973. The predicted molar refractivity (Wildman–Crippen MR) is 132 cm³/mol. The number of pyridine rings is 1. The van der Waals surface area contributed by atoms with Crippen molar-refractivity contribution in [2.45, 2.75) is 32.4 Å². The first-order chi connectivity index (χ1) is 16.4. The molecule has 0 amide bonds. The van der Waals surface area contributed by atoms with Gasteiger partial charge in [0.15, 0.2) is 5.11 Å². The van der Waals surface area contributed by atoms with Gasteiger partial charge < -0.3 is 24.6 Å². The van der Waals surface area contributed by atoms with Crippen molar-refractivity contribution >= 4 is 23.0 Å². The first-order valence-electron chi connectivity index (χ1n) is 11.0. The molecule has 178 valence electrons. The number of nitro groups is 1. The predicted octanol–water partition coefficient (Wildman–Crippen LogP) is 3.76. The molecule has 0 aliphatic carbocycles. The SMILES string of the molecule is COc1ccc([N+](=O)[O-])cc1-n1c(C)cc([C@H]2[C@@H](c3ccccn3)NC(=S)N2CCCO)c1C. The van der Waals surface area contributed by atoms with Gasteiger partial charge in [0.05, 0.1) is 35.5 Å². The summed E-state index contributed by atoms with van der Waals surface area (Å²) in [6.45, 7) is 4.59. The lowest BCUT2D eigenvalue weighted by Crippen LogP contribution is -2.31. The van der Waals surface area contributed by atoms with E-state index in [1.807, 2.05) is 36.6 Å². The zero-order valence-corrected chi connectivity index (χ0v) is 20.1. The number of non-ortho nitro benzene ring substituents is 1. The van der Waals surface area contributed by atoms with Crippen LogP contribution < -0.4 is 10.1 Å². The lowest BCUT2D eigenvalue weighted by Gasteiger charge is -2.28. The van der Waals surface area contributed by atoms with Crippen molar-refractivity contribution in [1.82, 2.24) is 19.8 Å². The highest BCUT2D eigenvalue weighted by Gasteiger charge is 2.41. The molecule has 2 atom stereocenters. The number of hydrogen-bond donors (Lipinski definition) is 2. The molecular weight excluding hydrogens is 454 g/mol. The van der Waals surface area contributed by atoms with E-state index in [2.05, 4.69) is 21.3 Å². The van der Waals surface area contributed by atoms with Gasteiger partial charge in [-0.1, -0.05) is 6.07 Å². The normalized spacial score (nSPS) is 17.6. The molecule has 3 heterocycles. The number of benzene rings is 1. The minimum atomic E-state index is -0.412. The Bertz CT molecular complexity index is 1210. The molecule has 0 spiro atoms. The Labute approximate surface area is 203 Å². The van der Waals surface area contributed by atoms with Gasteiger partial charge in [-0.3, -0.25) is 15.1 Å². The van der Waals surface area contributed by atoms with Crippen molar-refractivity contribution in [1.29, 1.82) is 0 Å². The third-order valence-electron chi connectivity index (χ3n) is 6.16. The van der Waals surface area contributed by atoms with Crippen LogP contribution in [-0.4, -0.2) is 49.9 Å². The lowest BCUT2D eigenvalue weighted by atomic mass is 9.96. The van der Waals surface area contributed by atoms with Gasteiger partial charge in [0.1, 0.15) is 5.75 Å². The molecule has 1 aliphatic rings. The highest BCUT2D eigenvalue weighted by Crippen LogP contribution is 2.42. The average molecular weight is 482 g/mol. The van der Waals surface area contributed by atoms with E-state index < -0.39 is 4.92 Å². The summed E-state index contributed by atoms with van der Waals surface area (Å²) >= 11 is 5.67. The Balaban J connectivity index is 1.86. The van der Waals surface area contributed by atoms with Gasteiger partial charge in [-0.15, -0.1) is 0 Å². The maximum absolute atomic E-state index is 11.4. The van der Waals surface area contributed by atoms with Crippen LogP contribution in [0, 0.1) is 24.0 Å². The Morgan fingerprint density at radius 3 is 2.71 bits per heavy atom. The number of thiocarbonyl (C=S) groups is 1. The summed E-state index contributed by atoms with van der Waals surface area (Å²) in [6, 6.07) is 12.1. The van der Waals surface area contributed by atoms with Crippen LogP contribution in [0.1, 0.15) is 41.1 Å². The van der Waals surface area contributed by atoms with Crippen molar-refractivity contribution in [3.63, 3.8) is 0 Å². The van der Waals surface area contributed by atoms with Crippen molar-refractivity contribution in [3.05, 3.63) is 81.4 Å². The summed E-state index contributed by atoms with van der Waals surface area (Å²) in [6.07, 6.45) is 2.33. The van der Waals surface area contributed by atoms with Gasteiger partial charge in [0.25, 0.3) is 5.69 Å². The highest BCUT2D eigenvalue weighted by atomic mass is 32.1. The van der Waals surface area contributed by atoms with Gasteiger partial charge in [0, 0.05) is 42.9 Å². The Morgan fingerprint density at radius 1 is 1.26 bits per heavy atom. The van der Waals surface area contributed by atoms with Gasteiger partial charge in [-0.05, 0) is 62.3 Å². The van der Waals surface area contributed by atoms with Crippen LogP contribution in [-0.2, 0) is 0 Å². The quantitative estimate of drug-likeness (QED) is 0.285. The standard InChI is InChI=1S/C24H27N5O4S/c1-15-13-18(16(2)28(15)20-14-17(29(31)32)8-9-21(20)33-3)23-22(19-7-4-5-10-25-19)26-24(34)27(23)11-6-12-30/h4-5,7-10,13-14,22-23,30H,6,11-12H2,1-3H3,(H,26,34)/t22-,23+/m1/s1. The average Bonchev–Trinajstić information content (AvgIpc) is 3.32. The lowest BCUT2D eigenvalue weighted by molar-refractivity contribution is -0.384. The number of nitro benzene ring substituents is 1. The first-order valence-corrected chi connectivity index (χ1v) is 11.4. The molecule has 0 radical (unpaired) electrons. The van der Waals surface area contributed by atoms with E-state index in [1.54, 1.807) is 19.4 Å². The largest absolute Gasteiger partial charge is 0.495 e. The summed E-state index contributed by atoms with van der Waals surface area (Å²) in [5.41, 5.74) is 4.30. The van der Waals surface area contributed by atoms with Crippen LogP contribution in [0.5, 0.6) is 5.75 Å². The molecule has 1 fully saturated rings. The second-order valence-electron chi connectivity index (χ2n) is 8.17. The molecule has 10 heteroatoms. The van der Waals surface area contributed by atoms with E-state index in [9.17, 15) is 15.2 Å². The highest BCUT2D eigenvalue weighted by molar-refractivity contribution is 7.80. The monoisotopic (exact) mass is 481 g/mol. The molecule has 4 rings (SSSR count). The summed E-state index contributed by atoms with van der Waals surface area (Å²) in [5, 5.41) is 24.9. The van der Waals surface area contributed by atoms with Gasteiger partial charge >= 0.3 is 0 Å². The molecule has 3 aromatic rings. The molecule has 1 saturated heterocycles. The first kappa shape index (κ1) is 23.7. The van der Waals surface area contributed by atoms with Crippen LogP contribution in [0.25, 0.3) is 5.69 Å². The van der Waals surface area contributed by atoms with Crippen molar-refractivity contribution in [2.24, 2.45) is 0 Å². The number of rotatable bonds is 8. The maximum Gasteiger partial charge on any atom is 0.271 e. The van der Waals surface area contributed by atoms with Gasteiger partial charge in [0.2, 0.25) is 0 Å². The third kappa shape index (κ3) is 4.22. The van der Waals surface area contributed by atoms with Crippen LogP contribution >= 0.6 is 12.2 Å². The fourth-order valence-electron chi connectivity index (χ4n) is 4.65. The van der Waals surface area contributed by atoms with Gasteiger partial charge in [-0.25, -0.2) is 0 Å². The topological polar surface area (TPSA) is 106 Å². The van der Waals surface area contributed by atoms with Crippen LogP contribution in [0.15, 0.2) is 48.7 Å². The van der Waals surface area contributed by atoms with Crippen LogP contribution in [0.4, 0.5) is 5.69 Å². The van der Waals surface area contributed by atoms with Gasteiger partial charge in [-0.2, -0.15) is 0 Å². The van der Waals surface area contributed by atoms with Crippen molar-refractivity contribution in [2.75, 3.05) is 20.3 Å². The van der Waals surface area contributed by atoms with Crippen LogP contribution in [0.3, 0.4) is 0 Å². The summed E-state index contributed by atoms with van der Waals surface area (Å²) in [7, 11) is 1.55. The Morgan fingerprint density at radius 2 is 2.06 bits per heavy atom. The third-order valence-corrected chi connectivity index (χ3v) is 6.51. The summed E-state index contributed by atoms with van der Waals surface area (Å²) in [5.74, 6) is 0.539. The van der Waals surface area contributed by atoms with E-state index >= 15 is 0 Å². The molecule has 0 unspecified atom stereocenters. The number of ether oxygens (including phenoxy) is 1. The molecule has 34 heavy (non-hydrogen) atoms.